The zero-order valence-electron chi connectivity index (χ0n) is 10.2. The average Bonchev–Trinajstić information content (AvgIpc) is 2.18. The van der Waals surface area contributed by atoms with Crippen LogP contribution in [0, 0.1) is 5.92 Å². The fourth-order valence-electron chi connectivity index (χ4n) is 3.19. The molecule has 4 heteroatoms. The van der Waals surface area contributed by atoms with Crippen molar-refractivity contribution < 1.29 is 10.2 Å². The lowest BCUT2D eigenvalue weighted by atomic mass is 9.81. The van der Waals surface area contributed by atoms with Gasteiger partial charge >= 0.3 is 0 Å². The van der Waals surface area contributed by atoms with Crippen molar-refractivity contribution in [3.05, 3.63) is 0 Å². The van der Waals surface area contributed by atoms with Crippen LogP contribution in [-0.2, 0) is 0 Å². The summed E-state index contributed by atoms with van der Waals surface area (Å²) in [5.74, 6) is 0.731. The van der Waals surface area contributed by atoms with Gasteiger partial charge in [-0.05, 0) is 14.1 Å². The summed E-state index contributed by atoms with van der Waals surface area (Å²) in [5.41, 5.74) is 6.32. The molecule has 2 aliphatic rings. The Morgan fingerprint density at radius 1 is 1.40 bits per heavy atom. The van der Waals surface area contributed by atoms with Gasteiger partial charge in [-0.15, -0.1) is 0 Å². The molecule has 2 fully saturated rings. The summed E-state index contributed by atoms with van der Waals surface area (Å²) in [4.78, 5) is 3.96. The molecule has 0 aromatic carbocycles. The van der Waals surface area contributed by atoms with Gasteiger partial charge in [0.25, 0.3) is 0 Å². The summed E-state index contributed by atoms with van der Waals surface area (Å²) in [6.45, 7) is 2.58. The first kappa shape index (κ1) is 11.3. The van der Waals surface area contributed by atoms with Crippen molar-refractivity contribution in [1.29, 1.82) is 0 Å². The normalized spacial score (nSPS) is 46.6. The molecule has 0 amide bonds. The minimum absolute atomic E-state index is 0.405. The third kappa shape index (κ3) is 2.33. The van der Waals surface area contributed by atoms with Crippen molar-refractivity contribution >= 4 is 0 Å². The molecular formula is C11H26N4+2. The smallest absolute Gasteiger partial charge is 0.143 e. The van der Waals surface area contributed by atoms with Gasteiger partial charge in [-0.2, -0.15) is 0 Å². The van der Waals surface area contributed by atoms with Crippen molar-refractivity contribution in [2.75, 3.05) is 34.2 Å². The van der Waals surface area contributed by atoms with Gasteiger partial charge in [0, 0.05) is 18.9 Å². The molecule has 2 heterocycles. The summed E-state index contributed by atoms with van der Waals surface area (Å²) in [7, 11) is 6.61. The lowest BCUT2D eigenvalue weighted by Gasteiger charge is -2.43. The molecule has 0 bridgehead atoms. The Hall–Kier alpha value is -0.160. The number of rotatable bonds is 1. The molecule has 4 nitrogen and oxygen atoms in total. The molecule has 88 valence electrons. The van der Waals surface area contributed by atoms with Gasteiger partial charge in [0.05, 0.1) is 26.1 Å². The third-order valence-corrected chi connectivity index (χ3v) is 4.23. The maximum atomic E-state index is 6.32. The summed E-state index contributed by atoms with van der Waals surface area (Å²) >= 11 is 0. The van der Waals surface area contributed by atoms with E-state index < -0.39 is 0 Å². The SMILES string of the molecule is CN(C)C1CC(N)C2C[NH+](C)CCC2[NH2+]1. The number of fused-ring (bicyclic) bond motifs is 1. The molecule has 5 N–H and O–H groups in total. The number of nitrogens with two attached hydrogens (primary N) is 2. The van der Waals surface area contributed by atoms with Gasteiger partial charge in [-0.25, -0.2) is 0 Å². The Balaban J connectivity index is 2.01. The summed E-state index contributed by atoms with van der Waals surface area (Å²) in [5, 5.41) is 2.56. The van der Waals surface area contributed by atoms with E-state index in [-0.39, 0.29) is 0 Å². The van der Waals surface area contributed by atoms with E-state index in [0.717, 1.165) is 18.4 Å². The Labute approximate surface area is 92.8 Å². The van der Waals surface area contributed by atoms with Crippen LogP contribution in [0.1, 0.15) is 12.8 Å². The van der Waals surface area contributed by atoms with Gasteiger partial charge in [-0.1, -0.05) is 0 Å². The molecule has 5 unspecified atom stereocenters. The van der Waals surface area contributed by atoms with Gasteiger partial charge in [0.15, 0.2) is 0 Å². The van der Waals surface area contributed by atoms with Crippen molar-refractivity contribution in [1.82, 2.24) is 4.90 Å². The van der Waals surface area contributed by atoms with Crippen molar-refractivity contribution in [2.24, 2.45) is 11.7 Å². The topological polar surface area (TPSA) is 50.3 Å². The fraction of sp³-hybridized carbons (Fsp3) is 1.00. The largest absolute Gasteiger partial charge is 0.337 e. The fourth-order valence-corrected chi connectivity index (χ4v) is 3.19. The number of nitrogens with one attached hydrogen (secondary N) is 1. The zero-order chi connectivity index (χ0) is 11.0. The number of likely N-dealkylation sites (tertiary alicyclic amines) is 1. The molecule has 0 radical (unpaired) electrons. The predicted octanol–water partition coefficient (Wildman–Crippen LogP) is -2.93. The molecule has 0 aliphatic carbocycles. The first-order valence-electron chi connectivity index (χ1n) is 6.16. The number of hydrogen-bond acceptors (Lipinski definition) is 2. The molecule has 2 saturated heterocycles. The number of piperidine rings is 2. The quantitative estimate of drug-likeness (QED) is 0.438. The van der Waals surface area contributed by atoms with Gasteiger partial charge in [0.2, 0.25) is 0 Å². The van der Waals surface area contributed by atoms with Crippen LogP contribution in [0.3, 0.4) is 0 Å². The predicted molar refractivity (Wildman–Crippen MR) is 60.5 cm³/mol. The molecule has 0 saturated carbocycles. The second kappa shape index (κ2) is 4.37. The third-order valence-electron chi connectivity index (χ3n) is 4.23. The van der Waals surface area contributed by atoms with E-state index in [1.54, 1.807) is 4.90 Å². The van der Waals surface area contributed by atoms with E-state index in [1.807, 2.05) is 0 Å². The van der Waals surface area contributed by atoms with E-state index in [9.17, 15) is 0 Å². The Morgan fingerprint density at radius 3 is 2.80 bits per heavy atom. The minimum atomic E-state index is 0.405. The molecule has 0 aromatic rings. The number of quaternary nitrogens is 2. The van der Waals surface area contributed by atoms with E-state index in [0.29, 0.717) is 12.2 Å². The Bertz CT molecular complexity index is 219. The molecule has 0 spiro atoms. The minimum Gasteiger partial charge on any atom is -0.337 e. The maximum absolute atomic E-state index is 6.32. The summed E-state index contributed by atoms with van der Waals surface area (Å²) in [6, 6.07) is 1.17. The lowest BCUT2D eigenvalue weighted by molar-refractivity contribution is -0.904. The average molecular weight is 214 g/mol. The van der Waals surface area contributed by atoms with Crippen molar-refractivity contribution in [2.45, 2.75) is 31.1 Å². The van der Waals surface area contributed by atoms with E-state index in [1.165, 1.54) is 19.5 Å². The lowest BCUT2D eigenvalue weighted by Crippen LogP contribution is -3.15. The summed E-state index contributed by atoms with van der Waals surface area (Å²) < 4.78 is 0. The van der Waals surface area contributed by atoms with Crippen LogP contribution in [0.25, 0.3) is 0 Å². The van der Waals surface area contributed by atoms with Gasteiger partial charge in [0.1, 0.15) is 12.2 Å². The molecule has 2 rings (SSSR count). The highest BCUT2D eigenvalue weighted by Gasteiger charge is 2.43. The second-order valence-corrected chi connectivity index (χ2v) is 5.65. The molecular weight excluding hydrogens is 188 g/mol. The van der Waals surface area contributed by atoms with Crippen LogP contribution < -0.4 is 16.0 Å². The van der Waals surface area contributed by atoms with Crippen LogP contribution in [-0.4, -0.2) is 57.4 Å². The summed E-state index contributed by atoms with van der Waals surface area (Å²) in [6.07, 6.45) is 3.07. The first-order valence-corrected chi connectivity index (χ1v) is 6.16. The van der Waals surface area contributed by atoms with Crippen LogP contribution in [0.15, 0.2) is 0 Å². The standard InChI is InChI=1S/C11H24N4/c1-14(2)11-6-9(12)8-7-15(3)5-4-10(8)13-11/h8-11,13H,4-7,12H2,1-3H3/p+2. The molecule has 2 aliphatic heterocycles. The van der Waals surface area contributed by atoms with Crippen LogP contribution >= 0.6 is 0 Å². The van der Waals surface area contributed by atoms with Crippen LogP contribution in [0.2, 0.25) is 0 Å². The highest BCUT2D eigenvalue weighted by Crippen LogP contribution is 2.17. The monoisotopic (exact) mass is 214 g/mol. The highest BCUT2D eigenvalue weighted by atomic mass is 15.3. The van der Waals surface area contributed by atoms with Gasteiger partial charge < -0.3 is 16.0 Å². The molecule has 0 aromatic heterocycles. The van der Waals surface area contributed by atoms with Crippen LogP contribution in [0.5, 0.6) is 0 Å². The highest BCUT2D eigenvalue weighted by molar-refractivity contribution is 4.85. The first-order chi connectivity index (χ1) is 7.08. The Kier molecular flexibility index (Phi) is 3.30. The number of hydrogen-bond donors (Lipinski definition) is 3. The van der Waals surface area contributed by atoms with Crippen molar-refractivity contribution in [3.8, 4) is 0 Å². The zero-order valence-corrected chi connectivity index (χ0v) is 10.2. The van der Waals surface area contributed by atoms with E-state index in [4.69, 9.17) is 5.73 Å². The Morgan fingerprint density at radius 2 is 2.13 bits per heavy atom. The second-order valence-electron chi connectivity index (χ2n) is 5.65. The number of nitrogens with zero attached hydrogens (tertiary/aromatic N) is 1. The van der Waals surface area contributed by atoms with E-state index in [2.05, 4.69) is 31.4 Å². The molecule has 15 heavy (non-hydrogen) atoms. The van der Waals surface area contributed by atoms with Crippen LogP contribution in [0.4, 0.5) is 0 Å². The molecule has 5 atom stereocenters. The maximum Gasteiger partial charge on any atom is 0.143 e. The van der Waals surface area contributed by atoms with Gasteiger partial charge in [-0.3, -0.25) is 4.90 Å². The van der Waals surface area contributed by atoms with E-state index >= 15 is 0 Å². The van der Waals surface area contributed by atoms with Crippen molar-refractivity contribution in [3.63, 3.8) is 0 Å².